The molecule has 0 unspecified atom stereocenters. The number of hydrogen-bond acceptors (Lipinski definition) is 4. The van der Waals surface area contributed by atoms with Gasteiger partial charge in [-0.15, -0.1) is 0 Å². The highest BCUT2D eigenvalue weighted by Crippen LogP contribution is 2.16. The van der Waals surface area contributed by atoms with Crippen molar-refractivity contribution in [1.82, 2.24) is 10.2 Å². The number of hydrogen-bond donors (Lipinski definition) is 2. The van der Waals surface area contributed by atoms with Gasteiger partial charge in [0.15, 0.2) is 0 Å². The molecule has 0 bridgehead atoms. The Labute approximate surface area is 150 Å². The van der Waals surface area contributed by atoms with Crippen LogP contribution < -0.4 is 5.32 Å². The van der Waals surface area contributed by atoms with Gasteiger partial charge < -0.3 is 10.1 Å². The molecule has 1 aromatic heterocycles. The minimum Gasteiger partial charge on any atom is -0.463 e. The van der Waals surface area contributed by atoms with Crippen LogP contribution in [0, 0.1) is 0 Å². The third kappa shape index (κ3) is 4.36. The molecule has 0 aliphatic carbocycles. The van der Waals surface area contributed by atoms with Gasteiger partial charge in [0.05, 0.1) is 24.2 Å². The number of aromatic nitrogens is 2. The van der Waals surface area contributed by atoms with E-state index in [1.807, 2.05) is 36.4 Å². The number of amides is 1. The number of para-hydroxylation sites is 1. The fourth-order valence-electron chi connectivity index (χ4n) is 2.55. The van der Waals surface area contributed by atoms with Crippen LogP contribution in [0.3, 0.4) is 0 Å². The molecule has 0 saturated carbocycles. The van der Waals surface area contributed by atoms with Crippen LogP contribution in [0.2, 0.25) is 0 Å². The summed E-state index contributed by atoms with van der Waals surface area (Å²) in [6.45, 7) is 2.11. The Balaban J connectivity index is 1.60. The van der Waals surface area contributed by atoms with Gasteiger partial charge in [-0.3, -0.25) is 9.89 Å². The first-order chi connectivity index (χ1) is 12.7. The monoisotopic (exact) mass is 349 g/mol. The van der Waals surface area contributed by atoms with Gasteiger partial charge in [-0.1, -0.05) is 30.3 Å². The van der Waals surface area contributed by atoms with Crippen LogP contribution in [-0.4, -0.2) is 28.7 Å². The fraction of sp³-hybridized carbons (Fsp3) is 0.150. The average molecular weight is 349 g/mol. The van der Waals surface area contributed by atoms with E-state index in [1.165, 1.54) is 6.08 Å². The topological polar surface area (TPSA) is 84.1 Å². The smallest absolute Gasteiger partial charge is 0.330 e. The van der Waals surface area contributed by atoms with Crippen LogP contribution in [0.15, 0.2) is 54.6 Å². The Morgan fingerprint density at radius 1 is 1.15 bits per heavy atom. The molecule has 2 N–H and O–H groups in total. The Bertz CT molecular complexity index is 942. The van der Waals surface area contributed by atoms with Crippen LogP contribution in [0.1, 0.15) is 18.2 Å². The van der Waals surface area contributed by atoms with E-state index in [9.17, 15) is 9.59 Å². The number of nitrogens with one attached hydrogen (secondary N) is 2. The number of nitrogens with zero attached hydrogens (tertiary/aromatic N) is 1. The zero-order valence-electron chi connectivity index (χ0n) is 14.4. The number of benzene rings is 2. The minimum absolute atomic E-state index is 0.130. The van der Waals surface area contributed by atoms with Crippen molar-refractivity contribution in [2.24, 2.45) is 0 Å². The van der Waals surface area contributed by atoms with E-state index in [2.05, 4.69) is 15.5 Å². The number of carbonyl (C=O) groups is 2. The summed E-state index contributed by atoms with van der Waals surface area (Å²) in [5.41, 5.74) is 3.16. The van der Waals surface area contributed by atoms with Gasteiger partial charge in [-0.2, -0.15) is 5.10 Å². The van der Waals surface area contributed by atoms with Crippen molar-refractivity contribution in [3.05, 3.63) is 65.9 Å². The predicted molar refractivity (Wildman–Crippen MR) is 101 cm³/mol. The number of fused-ring (bicyclic) bond motifs is 1. The van der Waals surface area contributed by atoms with Crippen molar-refractivity contribution in [2.45, 2.75) is 13.3 Å². The van der Waals surface area contributed by atoms with E-state index in [1.54, 1.807) is 25.1 Å². The number of aromatic amines is 1. The zero-order valence-corrected chi connectivity index (χ0v) is 14.4. The second-order valence-corrected chi connectivity index (χ2v) is 5.65. The highest BCUT2D eigenvalue weighted by molar-refractivity contribution is 5.95. The van der Waals surface area contributed by atoms with Crippen LogP contribution in [0.5, 0.6) is 0 Å². The molecule has 26 heavy (non-hydrogen) atoms. The summed E-state index contributed by atoms with van der Waals surface area (Å²) in [4.78, 5) is 23.6. The summed E-state index contributed by atoms with van der Waals surface area (Å²) in [7, 11) is 0. The fourth-order valence-corrected chi connectivity index (χ4v) is 2.55. The van der Waals surface area contributed by atoms with Gasteiger partial charge in [-0.05, 0) is 36.8 Å². The lowest BCUT2D eigenvalue weighted by Gasteiger charge is -2.05. The summed E-state index contributed by atoms with van der Waals surface area (Å²) in [5, 5.41) is 10.9. The molecule has 6 nitrogen and oxygen atoms in total. The maximum atomic E-state index is 12.3. The van der Waals surface area contributed by atoms with Crippen LogP contribution in [0.4, 0.5) is 5.69 Å². The second-order valence-electron chi connectivity index (χ2n) is 5.65. The summed E-state index contributed by atoms with van der Waals surface area (Å²) in [5.74, 6) is -0.508. The molecule has 3 rings (SSSR count). The molecular weight excluding hydrogens is 330 g/mol. The molecule has 0 fully saturated rings. The lowest BCUT2D eigenvalue weighted by Crippen LogP contribution is -2.14. The van der Waals surface area contributed by atoms with Crippen molar-refractivity contribution in [1.29, 1.82) is 0 Å². The number of ether oxygens (including phenoxy) is 1. The van der Waals surface area contributed by atoms with E-state index in [-0.39, 0.29) is 18.3 Å². The maximum absolute atomic E-state index is 12.3. The van der Waals surface area contributed by atoms with Crippen molar-refractivity contribution >= 4 is 34.5 Å². The highest BCUT2D eigenvalue weighted by atomic mass is 16.5. The molecule has 0 spiro atoms. The molecule has 0 radical (unpaired) electrons. The number of anilines is 1. The summed E-state index contributed by atoms with van der Waals surface area (Å²) >= 11 is 0. The van der Waals surface area contributed by atoms with Crippen LogP contribution in [-0.2, 0) is 20.7 Å². The zero-order chi connectivity index (χ0) is 18.4. The Hall–Kier alpha value is -3.41. The molecule has 0 aliphatic heterocycles. The quantitative estimate of drug-likeness (QED) is 0.528. The molecule has 0 saturated heterocycles. The van der Waals surface area contributed by atoms with E-state index in [0.717, 1.165) is 22.2 Å². The average Bonchev–Trinajstić information content (AvgIpc) is 3.04. The summed E-state index contributed by atoms with van der Waals surface area (Å²) in [6, 6.07) is 14.9. The van der Waals surface area contributed by atoms with Gasteiger partial charge in [0, 0.05) is 17.1 Å². The maximum Gasteiger partial charge on any atom is 0.330 e. The number of rotatable bonds is 6. The molecule has 0 aliphatic rings. The predicted octanol–water partition coefficient (Wildman–Crippen LogP) is 3.32. The largest absolute Gasteiger partial charge is 0.463 e. The van der Waals surface area contributed by atoms with E-state index < -0.39 is 0 Å². The lowest BCUT2D eigenvalue weighted by atomic mass is 10.1. The first kappa shape index (κ1) is 17.4. The van der Waals surface area contributed by atoms with Gasteiger partial charge >= 0.3 is 5.97 Å². The van der Waals surface area contributed by atoms with E-state index in [4.69, 9.17) is 4.74 Å². The molecule has 1 amide bonds. The number of carbonyl (C=O) groups excluding carboxylic acids is 2. The molecule has 6 heteroatoms. The van der Waals surface area contributed by atoms with Gasteiger partial charge in [0.25, 0.3) is 0 Å². The molecule has 3 aromatic rings. The van der Waals surface area contributed by atoms with Gasteiger partial charge in [0.2, 0.25) is 5.91 Å². The highest BCUT2D eigenvalue weighted by Gasteiger charge is 2.10. The summed E-state index contributed by atoms with van der Waals surface area (Å²) < 4.78 is 4.83. The molecular formula is C20H19N3O3. The van der Waals surface area contributed by atoms with Crippen molar-refractivity contribution in [3.8, 4) is 0 Å². The second kappa shape index (κ2) is 8.11. The Morgan fingerprint density at radius 2 is 1.92 bits per heavy atom. The third-order valence-electron chi connectivity index (χ3n) is 3.77. The van der Waals surface area contributed by atoms with Gasteiger partial charge in [0.1, 0.15) is 0 Å². The SMILES string of the molecule is CCOC(=O)/C=C/c1ccc(NC(=O)Cc2[nH]nc3ccccc23)cc1. The number of esters is 1. The molecule has 2 aromatic carbocycles. The summed E-state index contributed by atoms with van der Waals surface area (Å²) in [6.07, 6.45) is 3.26. The lowest BCUT2D eigenvalue weighted by molar-refractivity contribution is -0.137. The molecule has 132 valence electrons. The standard InChI is InChI=1S/C20H19N3O3/c1-2-26-20(25)12-9-14-7-10-15(11-8-14)21-19(24)13-18-16-5-3-4-6-17(16)22-23-18/h3-12H,2,13H2,1H3,(H,21,24)(H,22,23)/b12-9+. The van der Waals surface area contributed by atoms with Crippen LogP contribution in [0.25, 0.3) is 17.0 Å². The van der Waals surface area contributed by atoms with Gasteiger partial charge in [-0.25, -0.2) is 4.79 Å². The molecule has 1 heterocycles. The van der Waals surface area contributed by atoms with Crippen molar-refractivity contribution in [3.63, 3.8) is 0 Å². The minimum atomic E-state index is -0.378. The first-order valence-corrected chi connectivity index (χ1v) is 8.32. The Morgan fingerprint density at radius 3 is 2.69 bits per heavy atom. The van der Waals surface area contributed by atoms with Crippen LogP contribution >= 0.6 is 0 Å². The third-order valence-corrected chi connectivity index (χ3v) is 3.77. The Kier molecular flexibility index (Phi) is 5.43. The van der Waals surface area contributed by atoms with Crippen molar-refractivity contribution < 1.29 is 14.3 Å². The normalized spacial score (nSPS) is 11.0. The first-order valence-electron chi connectivity index (χ1n) is 8.32. The molecule has 0 atom stereocenters. The van der Waals surface area contributed by atoms with E-state index in [0.29, 0.717) is 12.3 Å². The number of H-pyrrole nitrogens is 1. The van der Waals surface area contributed by atoms with E-state index >= 15 is 0 Å². The van der Waals surface area contributed by atoms with Crippen molar-refractivity contribution in [2.75, 3.05) is 11.9 Å².